The number of benzene rings is 1. The first-order chi connectivity index (χ1) is 17.7. The number of piperidine rings is 1. The van der Waals surface area contributed by atoms with E-state index in [-0.39, 0.29) is 35.7 Å². The molecule has 0 radical (unpaired) electrons. The van der Waals surface area contributed by atoms with Crippen molar-refractivity contribution < 1.29 is 22.7 Å². The SMILES string of the molecule is CNc1nc(C)nc(N[C@H]2CCC[C@@H](C(=O)NCc3ccc(N4CCCCC4)cc3OC(F)(F)F)C2)n1. The lowest BCUT2D eigenvalue weighted by molar-refractivity contribution is -0.274. The van der Waals surface area contributed by atoms with E-state index in [0.717, 1.165) is 45.2 Å². The van der Waals surface area contributed by atoms with Crippen LogP contribution in [0.15, 0.2) is 18.2 Å². The van der Waals surface area contributed by atoms with Crippen molar-refractivity contribution in [1.82, 2.24) is 20.3 Å². The fourth-order valence-corrected chi connectivity index (χ4v) is 4.98. The summed E-state index contributed by atoms with van der Waals surface area (Å²) >= 11 is 0. The molecule has 2 atom stereocenters. The van der Waals surface area contributed by atoms with Crippen LogP contribution in [0.25, 0.3) is 0 Å². The van der Waals surface area contributed by atoms with Crippen molar-refractivity contribution in [2.45, 2.75) is 70.8 Å². The highest BCUT2D eigenvalue weighted by atomic mass is 19.4. The molecule has 0 bridgehead atoms. The molecule has 1 aromatic heterocycles. The van der Waals surface area contributed by atoms with Crippen LogP contribution < -0.4 is 25.6 Å². The zero-order chi connectivity index (χ0) is 26.4. The van der Waals surface area contributed by atoms with Gasteiger partial charge in [-0.3, -0.25) is 4.79 Å². The van der Waals surface area contributed by atoms with Gasteiger partial charge in [-0.1, -0.05) is 12.5 Å². The van der Waals surface area contributed by atoms with Crippen molar-refractivity contribution >= 4 is 23.5 Å². The quantitative estimate of drug-likeness (QED) is 0.470. The number of carbonyl (C=O) groups is 1. The van der Waals surface area contributed by atoms with Crippen LogP contribution in [0.4, 0.5) is 30.8 Å². The Kier molecular flexibility index (Phi) is 8.55. The number of amides is 1. The minimum atomic E-state index is -4.82. The summed E-state index contributed by atoms with van der Waals surface area (Å²) in [7, 11) is 1.73. The molecule has 2 aromatic rings. The van der Waals surface area contributed by atoms with Crippen LogP contribution in [-0.4, -0.2) is 53.4 Å². The van der Waals surface area contributed by atoms with E-state index in [4.69, 9.17) is 0 Å². The monoisotopic (exact) mass is 521 g/mol. The number of nitrogens with zero attached hydrogens (tertiary/aromatic N) is 4. The van der Waals surface area contributed by atoms with E-state index in [1.54, 1.807) is 26.1 Å². The predicted octanol–water partition coefficient (Wildman–Crippen LogP) is 4.40. The molecule has 0 spiro atoms. The zero-order valence-corrected chi connectivity index (χ0v) is 21.2. The van der Waals surface area contributed by atoms with Crippen molar-refractivity contribution in [3.63, 3.8) is 0 Å². The molecule has 2 heterocycles. The van der Waals surface area contributed by atoms with Gasteiger partial charge in [0, 0.05) is 56.0 Å². The third-order valence-corrected chi connectivity index (χ3v) is 6.80. The molecule has 1 aliphatic carbocycles. The minimum absolute atomic E-state index is 0.00366. The first kappa shape index (κ1) is 26.7. The van der Waals surface area contributed by atoms with E-state index in [1.165, 1.54) is 6.07 Å². The summed E-state index contributed by atoms with van der Waals surface area (Å²) in [5, 5.41) is 9.02. The molecule has 0 unspecified atom stereocenters. The first-order valence-electron chi connectivity index (χ1n) is 12.8. The number of aromatic nitrogens is 3. The zero-order valence-electron chi connectivity index (χ0n) is 21.2. The lowest BCUT2D eigenvalue weighted by atomic mass is 9.85. The molecular weight excluding hydrogens is 487 g/mol. The Morgan fingerprint density at radius 3 is 2.57 bits per heavy atom. The maximum Gasteiger partial charge on any atom is 0.573 e. The Bertz CT molecular complexity index is 1080. The van der Waals surface area contributed by atoms with Gasteiger partial charge in [0.2, 0.25) is 17.8 Å². The highest BCUT2D eigenvalue weighted by Gasteiger charge is 2.33. The maximum absolute atomic E-state index is 13.1. The summed E-state index contributed by atoms with van der Waals surface area (Å²) in [6.07, 6.45) is 1.31. The summed E-state index contributed by atoms with van der Waals surface area (Å²) in [5.74, 6) is 0.763. The van der Waals surface area contributed by atoms with Crippen LogP contribution in [0.3, 0.4) is 0 Å². The summed E-state index contributed by atoms with van der Waals surface area (Å²) in [6, 6.07) is 4.84. The Hall–Kier alpha value is -3.31. The van der Waals surface area contributed by atoms with Gasteiger partial charge in [0.15, 0.2) is 0 Å². The number of ether oxygens (including phenoxy) is 1. The van der Waals surface area contributed by atoms with Crippen molar-refractivity contribution in [3.05, 3.63) is 29.6 Å². The fraction of sp³-hybridized carbons (Fsp3) is 0.600. The smallest absolute Gasteiger partial charge is 0.405 e. The summed E-state index contributed by atoms with van der Waals surface area (Å²) < 4.78 is 43.7. The molecule has 1 saturated heterocycles. The van der Waals surface area contributed by atoms with Gasteiger partial charge >= 0.3 is 6.36 Å². The van der Waals surface area contributed by atoms with E-state index in [2.05, 4.69) is 40.5 Å². The molecule has 4 rings (SSSR count). The highest BCUT2D eigenvalue weighted by Crippen LogP contribution is 2.32. The molecule has 1 saturated carbocycles. The average Bonchev–Trinajstić information content (AvgIpc) is 2.87. The number of alkyl halides is 3. The van der Waals surface area contributed by atoms with Gasteiger partial charge in [-0.2, -0.15) is 15.0 Å². The van der Waals surface area contributed by atoms with Crippen molar-refractivity contribution in [3.8, 4) is 5.75 Å². The van der Waals surface area contributed by atoms with Gasteiger partial charge < -0.3 is 25.6 Å². The second-order valence-corrected chi connectivity index (χ2v) is 9.59. The number of hydrogen-bond donors (Lipinski definition) is 3. The molecule has 9 nitrogen and oxygen atoms in total. The van der Waals surface area contributed by atoms with Gasteiger partial charge in [-0.05, 0) is 51.5 Å². The molecule has 1 amide bonds. The van der Waals surface area contributed by atoms with Gasteiger partial charge in [-0.25, -0.2) is 0 Å². The third kappa shape index (κ3) is 7.59. The maximum atomic E-state index is 13.1. The normalized spacial score (nSPS) is 20.3. The van der Waals surface area contributed by atoms with Crippen molar-refractivity contribution in [2.24, 2.45) is 5.92 Å². The third-order valence-electron chi connectivity index (χ3n) is 6.80. The standard InChI is InChI=1S/C25H34F3N7O2/c1-16-31-23(29-2)34-24(32-16)33-19-8-6-7-17(13-19)22(36)30-15-18-9-10-20(35-11-4-3-5-12-35)14-21(18)37-25(26,27)28/h9-10,14,17,19H,3-8,11-13,15H2,1-2H3,(H,30,36)(H2,29,31,32,33,34)/t17-,19+/m1/s1. The second-order valence-electron chi connectivity index (χ2n) is 9.59. The Morgan fingerprint density at radius 2 is 1.84 bits per heavy atom. The summed E-state index contributed by atoms with van der Waals surface area (Å²) in [6.45, 7) is 3.34. The molecule has 12 heteroatoms. The topological polar surface area (TPSA) is 104 Å². The van der Waals surface area contributed by atoms with Crippen LogP contribution >= 0.6 is 0 Å². The molecule has 1 aromatic carbocycles. The summed E-state index contributed by atoms with van der Waals surface area (Å²) in [5.41, 5.74) is 0.988. The van der Waals surface area contributed by atoms with Crippen LogP contribution in [0.5, 0.6) is 5.75 Å². The molecular formula is C25H34F3N7O2. The van der Waals surface area contributed by atoms with Gasteiger partial charge in [0.25, 0.3) is 0 Å². The number of anilines is 3. The number of halogens is 3. The van der Waals surface area contributed by atoms with E-state index >= 15 is 0 Å². The number of carbonyl (C=O) groups excluding carboxylic acids is 1. The minimum Gasteiger partial charge on any atom is -0.405 e. The predicted molar refractivity (Wildman–Crippen MR) is 135 cm³/mol. The Balaban J connectivity index is 1.38. The average molecular weight is 522 g/mol. The number of nitrogens with one attached hydrogen (secondary N) is 3. The largest absolute Gasteiger partial charge is 0.573 e. The Labute approximate surface area is 214 Å². The molecule has 202 valence electrons. The van der Waals surface area contributed by atoms with E-state index in [1.807, 2.05) is 0 Å². The van der Waals surface area contributed by atoms with Crippen LogP contribution in [-0.2, 0) is 11.3 Å². The second kappa shape index (κ2) is 11.8. The number of hydrogen-bond acceptors (Lipinski definition) is 8. The molecule has 37 heavy (non-hydrogen) atoms. The van der Waals surface area contributed by atoms with Crippen molar-refractivity contribution in [1.29, 1.82) is 0 Å². The van der Waals surface area contributed by atoms with Gasteiger partial charge in [0.05, 0.1) is 0 Å². The first-order valence-corrected chi connectivity index (χ1v) is 12.8. The van der Waals surface area contributed by atoms with Crippen LogP contribution in [0.2, 0.25) is 0 Å². The Morgan fingerprint density at radius 1 is 1.08 bits per heavy atom. The molecule has 2 aliphatic rings. The van der Waals surface area contributed by atoms with Gasteiger partial charge in [0.1, 0.15) is 11.6 Å². The van der Waals surface area contributed by atoms with E-state index < -0.39 is 6.36 Å². The molecule has 2 fully saturated rings. The van der Waals surface area contributed by atoms with E-state index in [9.17, 15) is 18.0 Å². The highest BCUT2D eigenvalue weighted by molar-refractivity contribution is 5.79. The van der Waals surface area contributed by atoms with E-state index in [0.29, 0.717) is 36.3 Å². The number of aryl methyl sites for hydroxylation is 1. The van der Waals surface area contributed by atoms with Crippen LogP contribution in [0, 0.1) is 12.8 Å². The fourth-order valence-electron chi connectivity index (χ4n) is 4.98. The number of rotatable bonds is 8. The molecule has 3 N–H and O–H groups in total. The van der Waals surface area contributed by atoms with Crippen LogP contribution in [0.1, 0.15) is 56.3 Å². The lowest BCUT2D eigenvalue weighted by Gasteiger charge is -2.30. The van der Waals surface area contributed by atoms with Crippen molar-refractivity contribution in [2.75, 3.05) is 35.7 Å². The lowest BCUT2D eigenvalue weighted by Crippen LogP contribution is -2.37. The van der Waals surface area contributed by atoms with Gasteiger partial charge in [-0.15, -0.1) is 13.2 Å². The molecule has 1 aliphatic heterocycles. The summed E-state index contributed by atoms with van der Waals surface area (Å²) in [4.78, 5) is 27.9.